The van der Waals surface area contributed by atoms with Crippen LogP contribution in [0.5, 0.6) is 5.75 Å². The molecule has 0 heterocycles. The molecule has 1 unspecified atom stereocenters. The quantitative estimate of drug-likeness (QED) is 0.359. The van der Waals surface area contributed by atoms with Gasteiger partial charge in [0.2, 0.25) is 0 Å². The van der Waals surface area contributed by atoms with E-state index in [-0.39, 0.29) is 0 Å². The van der Waals surface area contributed by atoms with Crippen molar-refractivity contribution in [3.05, 3.63) is 65.2 Å². The summed E-state index contributed by atoms with van der Waals surface area (Å²) >= 11 is 0. The van der Waals surface area contributed by atoms with Crippen molar-refractivity contribution >= 4 is 24.0 Å². The van der Waals surface area contributed by atoms with E-state index in [4.69, 9.17) is 15.2 Å². The fourth-order valence-electron chi connectivity index (χ4n) is 2.31. The van der Waals surface area contributed by atoms with Crippen LogP contribution in [0.4, 0.5) is 5.69 Å². The third-order valence-corrected chi connectivity index (χ3v) is 3.48. The fraction of sp³-hybridized carbons (Fsp3) is 0.200. The highest BCUT2D eigenvalue weighted by molar-refractivity contribution is 5.87. The molecule has 0 aliphatic rings. The van der Waals surface area contributed by atoms with Gasteiger partial charge in [-0.25, -0.2) is 4.79 Å². The zero-order chi connectivity index (χ0) is 18.2. The molecule has 0 bridgehead atoms. The van der Waals surface area contributed by atoms with Crippen LogP contribution in [-0.4, -0.2) is 18.9 Å². The highest BCUT2D eigenvalue weighted by Crippen LogP contribution is 2.25. The largest absolute Gasteiger partial charge is 0.494 e. The van der Waals surface area contributed by atoms with E-state index in [1.807, 2.05) is 6.92 Å². The molecule has 0 aliphatic carbocycles. The summed E-state index contributed by atoms with van der Waals surface area (Å²) in [5, 5.41) is 0. The normalized spacial score (nSPS) is 11.9. The van der Waals surface area contributed by atoms with Crippen molar-refractivity contribution in [1.82, 2.24) is 0 Å². The molecule has 0 spiro atoms. The molecule has 130 valence electrons. The van der Waals surface area contributed by atoms with E-state index >= 15 is 0 Å². The van der Waals surface area contributed by atoms with Gasteiger partial charge in [0.1, 0.15) is 18.1 Å². The number of hydrogen-bond donors (Lipinski definition) is 1. The van der Waals surface area contributed by atoms with E-state index in [1.165, 1.54) is 6.08 Å². The predicted molar refractivity (Wildman–Crippen MR) is 97.4 cm³/mol. The standard InChI is InChI=1S/C20H21NO4/c1-3-24-19-11-17(10-18(21)12-19)14(2)25-20(23)8-7-15-5-4-6-16(9-15)13-22/h4-14H,3,21H2,1-2H3/b8-7+. The van der Waals surface area contributed by atoms with Gasteiger partial charge in [-0.3, -0.25) is 4.79 Å². The summed E-state index contributed by atoms with van der Waals surface area (Å²) in [5.41, 5.74) is 8.46. The Kier molecular flexibility index (Phi) is 6.34. The maximum Gasteiger partial charge on any atom is 0.331 e. The van der Waals surface area contributed by atoms with Gasteiger partial charge < -0.3 is 15.2 Å². The summed E-state index contributed by atoms with van der Waals surface area (Å²) in [7, 11) is 0. The Morgan fingerprint density at radius 3 is 2.68 bits per heavy atom. The van der Waals surface area contributed by atoms with Gasteiger partial charge in [0.15, 0.2) is 0 Å². The number of ether oxygens (including phenoxy) is 2. The maximum atomic E-state index is 12.0. The van der Waals surface area contributed by atoms with E-state index < -0.39 is 12.1 Å². The lowest BCUT2D eigenvalue weighted by atomic mass is 10.1. The third-order valence-electron chi connectivity index (χ3n) is 3.48. The van der Waals surface area contributed by atoms with Crippen molar-refractivity contribution in [2.75, 3.05) is 12.3 Å². The summed E-state index contributed by atoms with van der Waals surface area (Å²) in [4.78, 5) is 22.8. The van der Waals surface area contributed by atoms with Gasteiger partial charge in [-0.1, -0.05) is 18.2 Å². The molecule has 0 radical (unpaired) electrons. The van der Waals surface area contributed by atoms with Gasteiger partial charge in [-0.2, -0.15) is 0 Å². The summed E-state index contributed by atoms with van der Waals surface area (Å²) in [5.74, 6) is 0.158. The first-order valence-electron chi connectivity index (χ1n) is 7.99. The second-order valence-electron chi connectivity index (χ2n) is 5.47. The molecular weight excluding hydrogens is 318 g/mol. The van der Waals surface area contributed by atoms with Crippen LogP contribution in [0, 0.1) is 0 Å². The highest BCUT2D eigenvalue weighted by Gasteiger charge is 2.12. The monoisotopic (exact) mass is 339 g/mol. The smallest absolute Gasteiger partial charge is 0.331 e. The van der Waals surface area contributed by atoms with Crippen LogP contribution < -0.4 is 10.5 Å². The van der Waals surface area contributed by atoms with E-state index in [2.05, 4.69) is 0 Å². The minimum atomic E-state index is -0.482. The summed E-state index contributed by atoms with van der Waals surface area (Å²) in [6, 6.07) is 12.2. The maximum absolute atomic E-state index is 12.0. The molecule has 2 aromatic carbocycles. The lowest BCUT2D eigenvalue weighted by Crippen LogP contribution is -2.07. The van der Waals surface area contributed by atoms with Crippen molar-refractivity contribution in [3.63, 3.8) is 0 Å². The van der Waals surface area contributed by atoms with Crippen LogP contribution >= 0.6 is 0 Å². The van der Waals surface area contributed by atoms with E-state index in [1.54, 1.807) is 55.5 Å². The number of hydrogen-bond acceptors (Lipinski definition) is 5. The van der Waals surface area contributed by atoms with Crippen molar-refractivity contribution < 1.29 is 19.1 Å². The van der Waals surface area contributed by atoms with Gasteiger partial charge in [-0.15, -0.1) is 0 Å². The lowest BCUT2D eigenvalue weighted by Gasteiger charge is -2.14. The van der Waals surface area contributed by atoms with Gasteiger partial charge in [0.05, 0.1) is 6.61 Å². The number of nitrogen functional groups attached to an aromatic ring is 1. The molecule has 0 aliphatic heterocycles. The van der Waals surface area contributed by atoms with Gasteiger partial charge in [-0.05, 0) is 49.2 Å². The zero-order valence-electron chi connectivity index (χ0n) is 14.3. The van der Waals surface area contributed by atoms with Crippen LogP contribution in [0.1, 0.15) is 41.4 Å². The molecule has 2 aromatic rings. The first kappa shape index (κ1) is 18.3. The van der Waals surface area contributed by atoms with Crippen molar-refractivity contribution in [3.8, 4) is 5.75 Å². The molecule has 0 fully saturated rings. The minimum Gasteiger partial charge on any atom is -0.494 e. The molecule has 0 aromatic heterocycles. The Balaban J connectivity index is 2.04. The van der Waals surface area contributed by atoms with Crippen LogP contribution in [0.25, 0.3) is 6.08 Å². The number of carbonyl (C=O) groups is 2. The number of esters is 1. The number of benzene rings is 2. The van der Waals surface area contributed by atoms with Gasteiger partial charge in [0, 0.05) is 23.4 Å². The molecule has 0 amide bonds. The Labute approximate surface area is 147 Å². The average molecular weight is 339 g/mol. The first-order valence-corrected chi connectivity index (χ1v) is 7.99. The van der Waals surface area contributed by atoms with Crippen LogP contribution in [-0.2, 0) is 9.53 Å². The molecule has 5 nitrogen and oxygen atoms in total. The van der Waals surface area contributed by atoms with Gasteiger partial charge in [0.25, 0.3) is 0 Å². The fourth-order valence-corrected chi connectivity index (χ4v) is 2.31. The topological polar surface area (TPSA) is 78.6 Å². The lowest BCUT2D eigenvalue weighted by molar-refractivity contribution is -0.142. The van der Waals surface area contributed by atoms with Crippen LogP contribution in [0.3, 0.4) is 0 Å². The molecule has 1 atom stereocenters. The van der Waals surface area contributed by atoms with Crippen LogP contribution in [0.15, 0.2) is 48.5 Å². The SMILES string of the molecule is CCOc1cc(N)cc(C(C)OC(=O)/C=C/c2cccc(C=O)c2)c1. The molecule has 5 heteroatoms. The highest BCUT2D eigenvalue weighted by atomic mass is 16.5. The molecule has 2 N–H and O–H groups in total. The second-order valence-corrected chi connectivity index (χ2v) is 5.47. The summed E-state index contributed by atoms with van der Waals surface area (Å²) < 4.78 is 10.8. The van der Waals surface area contributed by atoms with Crippen molar-refractivity contribution in [2.45, 2.75) is 20.0 Å². The molecular formula is C20H21NO4. The molecule has 0 saturated heterocycles. The summed E-state index contributed by atoms with van der Waals surface area (Å²) in [6.07, 6.45) is 3.22. The Bertz CT molecular complexity index is 783. The zero-order valence-corrected chi connectivity index (χ0v) is 14.3. The van der Waals surface area contributed by atoms with E-state index in [9.17, 15) is 9.59 Å². The molecule has 2 rings (SSSR count). The third kappa shape index (κ3) is 5.49. The van der Waals surface area contributed by atoms with E-state index in [0.717, 1.165) is 17.4 Å². The minimum absolute atomic E-state index is 0.471. The molecule has 25 heavy (non-hydrogen) atoms. The van der Waals surface area contributed by atoms with E-state index in [0.29, 0.717) is 23.6 Å². The first-order chi connectivity index (χ1) is 12.0. The summed E-state index contributed by atoms with van der Waals surface area (Å²) in [6.45, 7) is 4.18. The number of aldehydes is 1. The Morgan fingerprint density at radius 2 is 1.96 bits per heavy atom. The van der Waals surface area contributed by atoms with Gasteiger partial charge >= 0.3 is 5.97 Å². The molecule has 0 saturated carbocycles. The average Bonchev–Trinajstić information content (AvgIpc) is 2.60. The number of carbonyl (C=O) groups excluding carboxylic acids is 2. The second kappa shape index (κ2) is 8.68. The van der Waals surface area contributed by atoms with Crippen LogP contribution in [0.2, 0.25) is 0 Å². The number of nitrogens with two attached hydrogens (primary N) is 1. The number of rotatable bonds is 7. The Hall–Kier alpha value is -3.08. The number of anilines is 1. The predicted octanol–water partition coefficient (Wildman–Crippen LogP) is 3.80. The van der Waals surface area contributed by atoms with Crippen molar-refractivity contribution in [1.29, 1.82) is 0 Å². The Morgan fingerprint density at radius 1 is 1.20 bits per heavy atom. The van der Waals surface area contributed by atoms with Crippen molar-refractivity contribution in [2.24, 2.45) is 0 Å².